The molecule has 0 bridgehead atoms. The van der Waals surface area contributed by atoms with Gasteiger partial charge in [-0.05, 0) is 38.1 Å². The van der Waals surface area contributed by atoms with Gasteiger partial charge in [0.05, 0.1) is 10.9 Å². The van der Waals surface area contributed by atoms with Crippen LogP contribution in [0.3, 0.4) is 0 Å². The van der Waals surface area contributed by atoms with Crippen LogP contribution in [0.5, 0.6) is 5.75 Å². The fraction of sp³-hybridized carbons (Fsp3) is 0.0833. The highest BCUT2D eigenvalue weighted by Crippen LogP contribution is 2.31. The Morgan fingerprint density at radius 3 is 2.36 bits per heavy atom. The second-order valence-electron chi connectivity index (χ2n) is 6.71. The summed E-state index contributed by atoms with van der Waals surface area (Å²) >= 11 is 0. The van der Waals surface area contributed by atoms with Gasteiger partial charge < -0.3 is 9.15 Å². The predicted octanol–water partition coefficient (Wildman–Crippen LogP) is 5.30. The summed E-state index contributed by atoms with van der Waals surface area (Å²) in [7, 11) is 0. The molecule has 1 aromatic heterocycles. The SMILES string of the molecule is Cc1ccc(-c2oc3ccccc3c(=O)c2OC(=O)c2cccc(C)c2)cc1. The van der Waals surface area contributed by atoms with E-state index >= 15 is 0 Å². The maximum Gasteiger partial charge on any atom is 0.343 e. The van der Waals surface area contributed by atoms with Crippen molar-refractivity contribution in [1.82, 2.24) is 0 Å². The van der Waals surface area contributed by atoms with Gasteiger partial charge in [0.1, 0.15) is 5.58 Å². The molecule has 0 amide bonds. The van der Waals surface area contributed by atoms with E-state index in [9.17, 15) is 9.59 Å². The Hall–Kier alpha value is -3.66. The maximum atomic E-state index is 13.1. The molecule has 0 N–H and O–H groups in total. The summed E-state index contributed by atoms with van der Waals surface area (Å²) < 4.78 is 11.5. The lowest BCUT2D eigenvalue weighted by Gasteiger charge is -2.11. The van der Waals surface area contributed by atoms with E-state index in [0.29, 0.717) is 22.1 Å². The van der Waals surface area contributed by atoms with Gasteiger partial charge in [-0.2, -0.15) is 0 Å². The van der Waals surface area contributed by atoms with Gasteiger partial charge in [-0.1, -0.05) is 59.7 Å². The third kappa shape index (κ3) is 3.32. The van der Waals surface area contributed by atoms with Crippen LogP contribution in [0.1, 0.15) is 21.5 Å². The van der Waals surface area contributed by atoms with Crippen LogP contribution in [0.15, 0.2) is 82.0 Å². The van der Waals surface area contributed by atoms with Crippen molar-refractivity contribution in [3.63, 3.8) is 0 Å². The van der Waals surface area contributed by atoms with E-state index in [1.54, 1.807) is 42.5 Å². The van der Waals surface area contributed by atoms with Crippen LogP contribution in [0.4, 0.5) is 0 Å². The maximum absolute atomic E-state index is 13.1. The van der Waals surface area contributed by atoms with Crippen LogP contribution in [0, 0.1) is 13.8 Å². The number of benzene rings is 3. The second kappa shape index (κ2) is 7.16. The Morgan fingerprint density at radius 1 is 0.857 bits per heavy atom. The highest BCUT2D eigenvalue weighted by molar-refractivity contribution is 5.93. The fourth-order valence-electron chi connectivity index (χ4n) is 3.04. The van der Waals surface area contributed by atoms with Gasteiger partial charge >= 0.3 is 5.97 Å². The highest BCUT2D eigenvalue weighted by atomic mass is 16.5. The molecule has 4 heteroatoms. The number of para-hydroxylation sites is 1. The zero-order valence-electron chi connectivity index (χ0n) is 15.6. The lowest BCUT2D eigenvalue weighted by Crippen LogP contribution is -2.16. The minimum atomic E-state index is -0.598. The van der Waals surface area contributed by atoms with Crippen LogP contribution in [0.2, 0.25) is 0 Å². The molecule has 4 nitrogen and oxygen atoms in total. The standard InChI is InChI=1S/C24H18O4/c1-15-10-12-17(13-11-15)22-23(21(25)19-8-3-4-9-20(19)27-22)28-24(26)18-7-5-6-16(2)14-18/h3-14H,1-2H3. The van der Waals surface area contributed by atoms with Crippen molar-refractivity contribution in [1.29, 1.82) is 0 Å². The number of ether oxygens (including phenoxy) is 1. The Balaban J connectivity index is 1.89. The number of esters is 1. The molecule has 4 rings (SSSR count). The number of hydrogen-bond donors (Lipinski definition) is 0. The molecule has 0 fully saturated rings. The molecule has 0 aliphatic heterocycles. The van der Waals surface area contributed by atoms with Gasteiger partial charge in [-0.25, -0.2) is 4.79 Å². The third-order valence-electron chi connectivity index (χ3n) is 4.52. The summed E-state index contributed by atoms with van der Waals surface area (Å²) in [5.74, 6) is -0.460. The molecular formula is C24H18O4. The summed E-state index contributed by atoms with van der Waals surface area (Å²) in [6.07, 6.45) is 0. The van der Waals surface area contributed by atoms with Crippen molar-refractivity contribution in [2.75, 3.05) is 0 Å². The first-order valence-electron chi connectivity index (χ1n) is 8.94. The zero-order valence-corrected chi connectivity index (χ0v) is 15.6. The van der Waals surface area contributed by atoms with Crippen molar-refractivity contribution in [2.24, 2.45) is 0 Å². The van der Waals surface area contributed by atoms with Crippen molar-refractivity contribution >= 4 is 16.9 Å². The van der Waals surface area contributed by atoms with Gasteiger partial charge in [-0.3, -0.25) is 4.79 Å². The monoisotopic (exact) mass is 370 g/mol. The Labute approximate surface area is 162 Å². The van der Waals surface area contributed by atoms with E-state index in [1.165, 1.54) is 0 Å². The van der Waals surface area contributed by atoms with Crippen LogP contribution in [0.25, 0.3) is 22.3 Å². The summed E-state index contributed by atoms with van der Waals surface area (Å²) in [5, 5.41) is 0.366. The molecule has 0 atom stereocenters. The molecule has 0 spiro atoms. The van der Waals surface area contributed by atoms with Crippen LogP contribution in [-0.2, 0) is 0 Å². The first-order chi connectivity index (χ1) is 13.5. The van der Waals surface area contributed by atoms with Gasteiger partial charge in [0.15, 0.2) is 5.76 Å². The molecule has 3 aromatic carbocycles. The fourth-order valence-corrected chi connectivity index (χ4v) is 3.04. The van der Waals surface area contributed by atoms with Gasteiger partial charge in [0.25, 0.3) is 0 Å². The topological polar surface area (TPSA) is 56.5 Å². The number of rotatable bonds is 3. The molecule has 1 heterocycles. The van der Waals surface area contributed by atoms with Gasteiger partial charge in [0, 0.05) is 5.56 Å². The Bertz CT molecular complexity index is 1230. The minimum Gasteiger partial charge on any atom is -0.452 e. The molecule has 0 saturated carbocycles. The summed E-state index contributed by atoms with van der Waals surface area (Å²) in [4.78, 5) is 25.8. The summed E-state index contributed by atoms with van der Waals surface area (Å²) in [6.45, 7) is 3.86. The Morgan fingerprint density at radius 2 is 1.61 bits per heavy atom. The van der Waals surface area contributed by atoms with E-state index in [-0.39, 0.29) is 16.9 Å². The van der Waals surface area contributed by atoms with E-state index in [4.69, 9.17) is 9.15 Å². The van der Waals surface area contributed by atoms with Crippen molar-refractivity contribution in [3.8, 4) is 17.1 Å². The van der Waals surface area contributed by atoms with E-state index in [2.05, 4.69) is 0 Å². The zero-order chi connectivity index (χ0) is 19.7. The van der Waals surface area contributed by atoms with Crippen molar-refractivity contribution in [2.45, 2.75) is 13.8 Å². The lowest BCUT2D eigenvalue weighted by atomic mass is 10.1. The van der Waals surface area contributed by atoms with E-state index in [0.717, 1.165) is 11.1 Å². The molecule has 4 aromatic rings. The molecule has 0 radical (unpaired) electrons. The van der Waals surface area contributed by atoms with Crippen molar-refractivity contribution < 1.29 is 13.9 Å². The van der Waals surface area contributed by atoms with Crippen molar-refractivity contribution in [3.05, 3.63) is 99.7 Å². The predicted molar refractivity (Wildman–Crippen MR) is 109 cm³/mol. The second-order valence-corrected chi connectivity index (χ2v) is 6.71. The van der Waals surface area contributed by atoms with E-state index in [1.807, 2.05) is 44.2 Å². The Kier molecular flexibility index (Phi) is 4.53. The average Bonchev–Trinajstić information content (AvgIpc) is 2.70. The number of hydrogen-bond acceptors (Lipinski definition) is 4. The first-order valence-corrected chi connectivity index (χ1v) is 8.94. The first kappa shape index (κ1) is 17.7. The highest BCUT2D eigenvalue weighted by Gasteiger charge is 2.21. The van der Waals surface area contributed by atoms with Gasteiger partial charge in [0.2, 0.25) is 11.2 Å². The normalized spacial score (nSPS) is 10.8. The quantitative estimate of drug-likeness (QED) is 0.460. The summed E-state index contributed by atoms with van der Waals surface area (Å²) in [6, 6.07) is 21.5. The number of carbonyl (C=O) groups excluding carboxylic acids is 1. The van der Waals surface area contributed by atoms with Crippen LogP contribution < -0.4 is 10.2 Å². The molecule has 0 aliphatic rings. The molecule has 0 aliphatic carbocycles. The van der Waals surface area contributed by atoms with Crippen LogP contribution >= 0.6 is 0 Å². The van der Waals surface area contributed by atoms with Crippen LogP contribution in [-0.4, -0.2) is 5.97 Å². The number of carbonyl (C=O) groups is 1. The number of fused-ring (bicyclic) bond motifs is 1. The molecule has 0 unspecified atom stereocenters. The lowest BCUT2D eigenvalue weighted by molar-refractivity contribution is 0.0731. The molecular weight excluding hydrogens is 352 g/mol. The number of aryl methyl sites for hydroxylation is 2. The molecule has 0 saturated heterocycles. The smallest absolute Gasteiger partial charge is 0.343 e. The largest absolute Gasteiger partial charge is 0.452 e. The van der Waals surface area contributed by atoms with E-state index < -0.39 is 5.97 Å². The summed E-state index contributed by atoms with van der Waals surface area (Å²) in [5.41, 5.74) is 3.11. The third-order valence-corrected chi connectivity index (χ3v) is 4.52. The average molecular weight is 370 g/mol. The van der Waals surface area contributed by atoms with Gasteiger partial charge in [-0.15, -0.1) is 0 Å². The minimum absolute atomic E-state index is 0.103. The molecule has 138 valence electrons. The molecule has 28 heavy (non-hydrogen) atoms.